The molecule has 4 rings (SSSR count). The van der Waals surface area contributed by atoms with Crippen LogP contribution in [0.4, 0.5) is 0 Å². The van der Waals surface area contributed by atoms with E-state index in [2.05, 4.69) is 16.3 Å². The first-order valence-electron chi connectivity index (χ1n) is 9.34. The lowest BCUT2D eigenvalue weighted by Gasteiger charge is -2.46. The third-order valence-corrected chi connectivity index (χ3v) is 6.11. The maximum Gasteiger partial charge on any atom is 0.254 e. The highest BCUT2D eigenvalue weighted by Crippen LogP contribution is 2.46. The minimum atomic E-state index is 0.0356. The summed E-state index contributed by atoms with van der Waals surface area (Å²) in [6.45, 7) is 1.59. The first-order valence-corrected chi connectivity index (χ1v) is 9.34. The van der Waals surface area contributed by atoms with Crippen molar-refractivity contribution in [3.05, 3.63) is 35.4 Å². The summed E-state index contributed by atoms with van der Waals surface area (Å²) in [5.41, 5.74) is 2.02. The van der Waals surface area contributed by atoms with Gasteiger partial charge >= 0.3 is 0 Å². The van der Waals surface area contributed by atoms with Crippen molar-refractivity contribution in [2.24, 2.45) is 5.92 Å². The minimum Gasteiger partial charge on any atom is -0.353 e. The zero-order chi connectivity index (χ0) is 16.7. The monoisotopic (exact) mass is 326 g/mol. The topological polar surface area (TPSA) is 49.4 Å². The highest BCUT2D eigenvalue weighted by molar-refractivity contribution is 5.99. The summed E-state index contributed by atoms with van der Waals surface area (Å²) in [6, 6.07) is 8.60. The minimum absolute atomic E-state index is 0.0356. The Morgan fingerprint density at radius 1 is 1.12 bits per heavy atom. The normalized spacial score (nSPS) is 30.0. The van der Waals surface area contributed by atoms with Crippen LogP contribution in [-0.2, 0) is 4.79 Å². The zero-order valence-electron chi connectivity index (χ0n) is 14.3. The molecule has 1 aromatic rings. The van der Waals surface area contributed by atoms with Gasteiger partial charge in [0.15, 0.2) is 0 Å². The fraction of sp³-hybridized carbons (Fsp3) is 0.600. The van der Waals surface area contributed by atoms with Gasteiger partial charge in [0.25, 0.3) is 5.91 Å². The maximum atomic E-state index is 13.1. The number of amides is 2. The quantitative estimate of drug-likeness (QED) is 0.905. The molecular formula is C20H26N2O2. The van der Waals surface area contributed by atoms with Crippen molar-refractivity contribution < 1.29 is 9.59 Å². The van der Waals surface area contributed by atoms with Crippen molar-refractivity contribution >= 4 is 11.8 Å². The molecule has 1 N–H and O–H groups in total. The Bertz CT molecular complexity index is 651. The smallest absolute Gasteiger partial charge is 0.254 e. The molecule has 4 nitrogen and oxygen atoms in total. The van der Waals surface area contributed by atoms with Gasteiger partial charge in [-0.05, 0) is 43.2 Å². The Hall–Kier alpha value is -1.84. The van der Waals surface area contributed by atoms with Crippen molar-refractivity contribution in [1.82, 2.24) is 10.2 Å². The van der Waals surface area contributed by atoms with Gasteiger partial charge in [-0.15, -0.1) is 0 Å². The molecule has 3 atom stereocenters. The van der Waals surface area contributed by atoms with Crippen LogP contribution in [0.5, 0.6) is 0 Å². The highest BCUT2D eigenvalue weighted by atomic mass is 16.2. The van der Waals surface area contributed by atoms with Gasteiger partial charge in [0.1, 0.15) is 0 Å². The van der Waals surface area contributed by atoms with Crippen LogP contribution in [-0.4, -0.2) is 28.8 Å². The first-order chi connectivity index (χ1) is 11.6. The van der Waals surface area contributed by atoms with E-state index in [1.165, 1.54) is 32.1 Å². The molecule has 1 saturated heterocycles. The Labute approximate surface area is 143 Å². The molecule has 2 aliphatic heterocycles. The lowest BCUT2D eigenvalue weighted by Crippen LogP contribution is -2.53. The molecule has 2 amide bonds. The van der Waals surface area contributed by atoms with Crippen LogP contribution in [0.1, 0.15) is 73.8 Å². The van der Waals surface area contributed by atoms with E-state index in [0.29, 0.717) is 5.92 Å². The molecule has 1 saturated carbocycles. The molecule has 24 heavy (non-hydrogen) atoms. The lowest BCUT2D eigenvalue weighted by molar-refractivity contribution is -0.120. The SMILES string of the molecule is CC(=O)N[C@H]1C[C@H]2c3ccccc3C(=O)N2[C@H](C2CCCCC2)C1. The number of hydrogen-bond donors (Lipinski definition) is 1. The molecule has 0 spiro atoms. The second-order valence-corrected chi connectivity index (χ2v) is 7.65. The summed E-state index contributed by atoms with van der Waals surface area (Å²) in [6.07, 6.45) is 8.02. The van der Waals surface area contributed by atoms with Gasteiger partial charge < -0.3 is 10.2 Å². The number of rotatable bonds is 2. The molecule has 0 unspecified atom stereocenters. The molecule has 0 radical (unpaired) electrons. The molecule has 0 bridgehead atoms. The van der Waals surface area contributed by atoms with Gasteiger partial charge in [0.05, 0.1) is 6.04 Å². The standard InChI is InChI=1S/C20H26N2O2/c1-13(23)21-15-11-18(14-7-3-2-4-8-14)22-19(12-15)16-9-5-6-10-17(16)20(22)24/h5-6,9-10,14-15,18-19H,2-4,7-8,11-12H2,1H3,(H,21,23)/t15-,18+,19+/m1/s1. The molecule has 1 aromatic carbocycles. The van der Waals surface area contributed by atoms with Crippen LogP contribution in [0.15, 0.2) is 24.3 Å². The van der Waals surface area contributed by atoms with Crippen LogP contribution in [0.3, 0.4) is 0 Å². The highest BCUT2D eigenvalue weighted by Gasteiger charge is 2.47. The second-order valence-electron chi connectivity index (χ2n) is 7.65. The maximum absolute atomic E-state index is 13.1. The molecule has 3 aliphatic rings. The number of carbonyl (C=O) groups excluding carboxylic acids is 2. The second kappa shape index (κ2) is 6.23. The summed E-state index contributed by atoms with van der Waals surface area (Å²) >= 11 is 0. The molecule has 2 fully saturated rings. The summed E-state index contributed by atoms with van der Waals surface area (Å²) in [7, 11) is 0. The number of benzene rings is 1. The fourth-order valence-electron chi connectivity index (χ4n) is 5.15. The third kappa shape index (κ3) is 2.62. The van der Waals surface area contributed by atoms with E-state index in [1.807, 2.05) is 18.2 Å². The average Bonchev–Trinajstić information content (AvgIpc) is 2.88. The van der Waals surface area contributed by atoms with E-state index in [9.17, 15) is 9.59 Å². The van der Waals surface area contributed by atoms with Crippen LogP contribution >= 0.6 is 0 Å². The Morgan fingerprint density at radius 3 is 2.62 bits per heavy atom. The van der Waals surface area contributed by atoms with Crippen molar-refractivity contribution in [2.45, 2.75) is 70.0 Å². The molecular weight excluding hydrogens is 300 g/mol. The number of carbonyl (C=O) groups is 2. The molecule has 4 heteroatoms. The van der Waals surface area contributed by atoms with Gasteiger partial charge in [-0.25, -0.2) is 0 Å². The van der Waals surface area contributed by atoms with E-state index in [4.69, 9.17) is 0 Å². The number of nitrogens with zero attached hydrogens (tertiary/aromatic N) is 1. The van der Waals surface area contributed by atoms with Crippen LogP contribution < -0.4 is 5.32 Å². The number of piperidine rings is 1. The van der Waals surface area contributed by atoms with Crippen LogP contribution in [0.2, 0.25) is 0 Å². The average molecular weight is 326 g/mol. The molecule has 128 valence electrons. The zero-order valence-corrected chi connectivity index (χ0v) is 14.3. The van der Waals surface area contributed by atoms with Gasteiger partial charge in [-0.3, -0.25) is 9.59 Å². The van der Waals surface area contributed by atoms with Gasteiger partial charge in [-0.1, -0.05) is 37.5 Å². The van der Waals surface area contributed by atoms with Crippen LogP contribution in [0, 0.1) is 5.92 Å². The van der Waals surface area contributed by atoms with E-state index >= 15 is 0 Å². The summed E-state index contributed by atoms with van der Waals surface area (Å²) in [4.78, 5) is 26.8. The van der Waals surface area contributed by atoms with E-state index in [-0.39, 0.29) is 29.9 Å². The predicted molar refractivity (Wildman–Crippen MR) is 92.6 cm³/mol. The summed E-state index contributed by atoms with van der Waals surface area (Å²) in [5, 5.41) is 3.13. The molecule has 0 aromatic heterocycles. The van der Waals surface area contributed by atoms with Crippen molar-refractivity contribution in [1.29, 1.82) is 0 Å². The lowest BCUT2D eigenvalue weighted by atomic mass is 9.77. The summed E-state index contributed by atoms with van der Waals surface area (Å²) < 4.78 is 0. The number of nitrogens with one attached hydrogen (secondary N) is 1. The molecule has 1 aliphatic carbocycles. The van der Waals surface area contributed by atoms with Crippen LogP contribution in [0.25, 0.3) is 0 Å². The van der Waals surface area contributed by atoms with Crippen molar-refractivity contribution in [3.63, 3.8) is 0 Å². The fourth-order valence-corrected chi connectivity index (χ4v) is 5.15. The van der Waals surface area contributed by atoms with Crippen molar-refractivity contribution in [3.8, 4) is 0 Å². The summed E-state index contributed by atoms with van der Waals surface area (Å²) in [5.74, 6) is 0.817. The largest absolute Gasteiger partial charge is 0.353 e. The number of fused-ring (bicyclic) bond motifs is 3. The van der Waals surface area contributed by atoms with Crippen molar-refractivity contribution in [2.75, 3.05) is 0 Å². The van der Waals surface area contributed by atoms with E-state index in [0.717, 1.165) is 24.0 Å². The van der Waals surface area contributed by atoms with Gasteiger partial charge in [0, 0.05) is 24.6 Å². The first kappa shape index (κ1) is 15.7. The molecule has 2 heterocycles. The van der Waals surface area contributed by atoms with Gasteiger partial charge in [0.2, 0.25) is 5.91 Å². The number of hydrogen-bond acceptors (Lipinski definition) is 2. The predicted octanol–water partition coefficient (Wildman–Crippen LogP) is 3.43. The van der Waals surface area contributed by atoms with E-state index < -0.39 is 0 Å². The van der Waals surface area contributed by atoms with Gasteiger partial charge in [-0.2, -0.15) is 0 Å². The Morgan fingerprint density at radius 2 is 1.88 bits per heavy atom. The third-order valence-electron chi connectivity index (χ3n) is 6.11. The Kier molecular flexibility index (Phi) is 4.07. The Balaban J connectivity index is 1.67. The van der Waals surface area contributed by atoms with E-state index in [1.54, 1.807) is 6.92 Å².